The van der Waals surface area contributed by atoms with Crippen molar-refractivity contribution in [3.05, 3.63) is 177 Å². The number of rotatable bonds is 3. The predicted molar refractivity (Wildman–Crippen MR) is 192 cm³/mol. The molecule has 6 aromatic rings. The smallest absolute Gasteiger partial charge is 0.329 e. The molecule has 1 nitrogen and oxygen atoms in total. The second kappa shape index (κ2) is 10.1. The highest BCUT2D eigenvalue weighted by atomic mass is 15.1. The van der Waals surface area contributed by atoms with Gasteiger partial charge in [-0.25, -0.2) is 0 Å². The van der Waals surface area contributed by atoms with Gasteiger partial charge in [-0.1, -0.05) is 143 Å². The molecule has 1 spiro atoms. The molecule has 218 valence electrons. The Hall–Kier alpha value is -4.82. The molecule has 45 heavy (non-hydrogen) atoms. The number of nitrogens with zero attached hydrogens (tertiary/aromatic N) is 1. The van der Waals surface area contributed by atoms with E-state index in [9.17, 15) is 0 Å². The van der Waals surface area contributed by atoms with Crippen molar-refractivity contribution in [2.45, 2.75) is 47.0 Å². The maximum atomic E-state index is 2.68. The summed E-state index contributed by atoms with van der Waals surface area (Å²) >= 11 is 0. The van der Waals surface area contributed by atoms with Gasteiger partial charge in [0.15, 0.2) is 0 Å². The zero-order chi connectivity index (χ0) is 31.0. The van der Waals surface area contributed by atoms with E-state index in [1.807, 2.05) is 0 Å². The Morgan fingerprint density at radius 1 is 0.422 bits per heavy atom. The fourth-order valence-corrected chi connectivity index (χ4v) is 9.02. The minimum absolute atomic E-state index is 0.00209. The summed E-state index contributed by atoms with van der Waals surface area (Å²) < 4.78 is 0. The second-order valence-electron chi connectivity index (χ2n) is 13.3. The van der Waals surface area contributed by atoms with Gasteiger partial charge in [0, 0.05) is 11.4 Å². The third-order valence-corrected chi connectivity index (χ3v) is 10.4. The van der Waals surface area contributed by atoms with Gasteiger partial charge in [-0.2, -0.15) is 0 Å². The van der Waals surface area contributed by atoms with E-state index in [2.05, 4.69) is 168 Å². The van der Waals surface area contributed by atoms with Crippen LogP contribution in [0.4, 0.5) is 11.4 Å². The first-order valence-electron chi connectivity index (χ1n) is 16.2. The first-order chi connectivity index (χ1) is 21.8. The molecule has 2 aliphatic rings. The number of aryl methyl sites for hydroxylation is 6. The fourth-order valence-electron chi connectivity index (χ4n) is 9.02. The van der Waals surface area contributed by atoms with Gasteiger partial charge < -0.3 is 4.81 Å². The van der Waals surface area contributed by atoms with Gasteiger partial charge >= 0.3 is 6.85 Å². The minimum atomic E-state index is -0.407. The van der Waals surface area contributed by atoms with Gasteiger partial charge in [-0.05, 0) is 98.0 Å². The van der Waals surface area contributed by atoms with Crippen LogP contribution in [0.5, 0.6) is 0 Å². The maximum absolute atomic E-state index is 2.68. The highest BCUT2D eigenvalue weighted by molar-refractivity contribution is 6.90. The number of benzene rings is 6. The monoisotopic (exact) mass is 579 g/mol. The van der Waals surface area contributed by atoms with Crippen LogP contribution in [0.1, 0.15) is 55.6 Å². The van der Waals surface area contributed by atoms with Crippen LogP contribution in [0.3, 0.4) is 0 Å². The minimum Gasteiger partial charge on any atom is -0.376 e. The molecule has 0 unspecified atom stereocenters. The summed E-state index contributed by atoms with van der Waals surface area (Å²) in [5.74, 6) is 0. The molecule has 0 bridgehead atoms. The van der Waals surface area contributed by atoms with E-state index in [0.29, 0.717) is 0 Å². The van der Waals surface area contributed by atoms with Gasteiger partial charge in [0.2, 0.25) is 0 Å². The lowest BCUT2D eigenvalue weighted by molar-refractivity contribution is 0.756. The molecular weight excluding hydrogens is 541 g/mol. The Balaban J connectivity index is 1.52. The van der Waals surface area contributed by atoms with Crippen LogP contribution in [0, 0.1) is 41.5 Å². The van der Waals surface area contributed by atoms with Crippen molar-refractivity contribution in [1.29, 1.82) is 0 Å². The van der Waals surface area contributed by atoms with E-state index in [-0.39, 0.29) is 6.85 Å². The molecule has 2 heteroatoms. The summed E-state index contributed by atoms with van der Waals surface area (Å²) in [7, 11) is 0. The van der Waals surface area contributed by atoms with Gasteiger partial charge in [-0.15, -0.1) is 0 Å². The zero-order valence-corrected chi connectivity index (χ0v) is 27.1. The summed E-state index contributed by atoms with van der Waals surface area (Å²) in [6.45, 7) is 13.6. The van der Waals surface area contributed by atoms with Gasteiger partial charge in [0.05, 0.1) is 5.41 Å². The van der Waals surface area contributed by atoms with Crippen LogP contribution < -0.4 is 15.7 Å². The summed E-state index contributed by atoms with van der Waals surface area (Å²) in [4.78, 5) is 2.68. The summed E-state index contributed by atoms with van der Waals surface area (Å²) in [5.41, 5.74) is 21.0. The van der Waals surface area contributed by atoms with Crippen LogP contribution in [0.25, 0.3) is 11.1 Å². The number of hydrogen-bond acceptors (Lipinski definition) is 1. The van der Waals surface area contributed by atoms with Crippen LogP contribution in [-0.4, -0.2) is 6.85 Å². The normalized spacial score (nSPS) is 13.7. The molecule has 0 aromatic heterocycles. The Morgan fingerprint density at radius 2 is 0.756 bits per heavy atom. The van der Waals surface area contributed by atoms with Crippen molar-refractivity contribution >= 4 is 29.1 Å². The number of para-hydroxylation sites is 2. The molecule has 6 aromatic carbocycles. The zero-order valence-electron chi connectivity index (χ0n) is 27.1. The Morgan fingerprint density at radius 3 is 1.16 bits per heavy atom. The van der Waals surface area contributed by atoms with E-state index < -0.39 is 5.41 Å². The predicted octanol–water partition coefficient (Wildman–Crippen LogP) is 9.16. The molecule has 0 saturated carbocycles. The van der Waals surface area contributed by atoms with E-state index in [0.717, 1.165) is 0 Å². The first kappa shape index (κ1) is 27.7. The van der Waals surface area contributed by atoms with Crippen molar-refractivity contribution in [2.75, 3.05) is 4.81 Å². The van der Waals surface area contributed by atoms with Crippen molar-refractivity contribution < 1.29 is 0 Å². The van der Waals surface area contributed by atoms with E-state index >= 15 is 0 Å². The SMILES string of the molecule is Cc1cc(C)c(B(c2c(C)cc(C)cc2C)N2c3ccccc3C3(c4ccccc4-c4ccccc43)c3ccccc32)c(C)c1. The lowest BCUT2D eigenvalue weighted by Crippen LogP contribution is -2.60. The number of hydrogen-bond donors (Lipinski definition) is 0. The molecule has 1 aliphatic carbocycles. The van der Waals surface area contributed by atoms with Crippen molar-refractivity contribution in [3.63, 3.8) is 0 Å². The van der Waals surface area contributed by atoms with E-state index in [1.54, 1.807) is 0 Å². The average molecular weight is 580 g/mol. The maximum Gasteiger partial charge on any atom is 0.329 e. The molecular formula is C43H38BN. The average Bonchev–Trinajstić information content (AvgIpc) is 3.31. The lowest BCUT2D eigenvalue weighted by atomic mass is 9.44. The van der Waals surface area contributed by atoms with Crippen molar-refractivity contribution in [1.82, 2.24) is 0 Å². The Labute approximate surface area is 268 Å². The molecule has 0 fully saturated rings. The van der Waals surface area contributed by atoms with Crippen LogP contribution in [0.15, 0.2) is 121 Å². The molecule has 1 aliphatic heterocycles. The molecule has 0 saturated heterocycles. The summed E-state index contributed by atoms with van der Waals surface area (Å²) in [6.07, 6.45) is 0. The van der Waals surface area contributed by atoms with Crippen molar-refractivity contribution in [3.8, 4) is 11.1 Å². The van der Waals surface area contributed by atoms with Gasteiger partial charge in [-0.3, -0.25) is 0 Å². The summed E-state index contributed by atoms with van der Waals surface area (Å²) in [6, 6.07) is 46.0. The molecule has 0 amide bonds. The quantitative estimate of drug-likeness (QED) is 0.189. The third-order valence-electron chi connectivity index (χ3n) is 10.4. The molecule has 0 atom stereocenters. The van der Waals surface area contributed by atoms with Crippen molar-refractivity contribution in [2.24, 2.45) is 0 Å². The summed E-state index contributed by atoms with van der Waals surface area (Å²) in [5, 5.41) is 0. The highest BCUT2D eigenvalue weighted by Gasteiger charge is 2.52. The largest absolute Gasteiger partial charge is 0.376 e. The second-order valence-corrected chi connectivity index (χ2v) is 13.3. The van der Waals surface area contributed by atoms with E-state index in [4.69, 9.17) is 0 Å². The topological polar surface area (TPSA) is 3.24 Å². The molecule has 8 rings (SSSR count). The number of fused-ring (bicyclic) bond motifs is 9. The third kappa shape index (κ3) is 3.81. The molecule has 0 radical (unpaired) electrons. The Kier molecular flexibility index (Phi) is 6.22. The lowest BCUT2D eigenvalue weighted by Gasteiger charge is -2.48. The highest BCUT2D eigenvalue weighted by Crippen LogP contribution is 2.62. The standard InChI is InChI=1S/C43H38BN/c1-27-23-29(3)41(30(4)24-27)44(42-31(5)25-28(2)26-32(42)6)45-39-21-13-11-19-37(39)43(38-20-12-14-22-40(38)45)35-17-9-7-15-33(35)34-16-8-10-18-36(34)43/h7-26H,1-6H3. The molecule has 1 heterocycles. The Bertz CT molecular complexity index is 1960. The van der Waals surface area contributed by atoms with Crippen LogP contribution >= 0.6 is 0 Å². The first-order valence-corrected chi connectivity index (χ1v) is 16.2. The van der Waals surface area contributed by atoms with Gasteiger partial charge in [0.1, 0.15) is 0 Å². The number of anilines is 2. The van der Waals surface area contributed by atoms with Crippen LogP contribution in [0.2, 0.25) is 0 Å². The van der Waals surface area contributed by atoms with Crippen LogP contribution in [-0.2, 0) is 5.41 Å². The van der Waals surface area contributed by atoms with E-state index in [1.165, 1.54) is 89.1 Å². The van der Waals surface area contributed by atoms with Gasteiger partial charge in [0.25, 0.3) is 0 Å². The molecule has 0 N–H and O–H groups in total. The fraction of sp³-hybridized carbons (Fsp3) is 0.163.